The first-order valence-electron chi connectivity index (χ1n) is 27.0. The van der Waals surface area contributed by atoms with Crippen molar-refractivity contribution in [2.45, 2.75) is 261 Å². The molecule has 0 bridgehead atoms. The third kappa shape index (κ3) is 27.9. The van der Waals surface area contributed by atoms with Crippen molar-refractivity contribution in [2.75, 3.05) is 19.8 Å². The van der Waals surface area contributed by atoms with Gasteiger partial charge in [-0.05, 0) is 77.0 Å². The monoisotopic (exact) mass is 980 g/mol. The highest BCUT2D eigenvalue weighted by Crippen LogP contribution is 2.30. The molecule has 12 atom stereocenters. The van der Waals surface area contributed by atoms with Gasteiger partial charge in [0, 0.05) is 6.42 Å². The van der Waals surface area contributed by atoms with Crippen LogP contribution in [0.1, 0.15) is 187 Å². The highest BCUT2D eigenvalue weighted by Gasteiger charge is 2.51. The largest absolute Gasteiger partial charge is 0.394 e. The van der Waals surface area contributed by atoms with Gasteiger partial charge in [-0.1, -0.05) is 164 Å². The highest BCUT2D eigenvalue weighted by molar-refractivity contribution is 5.76. The first-order valence-corrected chi connectivity index (χ1v) is 27.0. The Bertz CT molecular complexity index is 1390. The third-order valence-electron chi connectivity index (χ3n) is 12.9. The number of hydrogen-bond donors (Lipinski definition) is 9. The Labute approximate surface area is 416 Å². The zero-order valence-corrected chi connectivity index (χ0v) is 42.5. The van der Waals surface area contributed by atoms with Gasteiger partial charge >= 0.3 is 0 Å². The number of hydrogen-bond acceptors (Lipinski definition) is 13. The first-order chi connectivity index (χ1) is 33.6. The summed E-state index contributed by atoms with van der Waals surface area (Å²) < 4.78 is 22.7. The maximum Gasteiger partial charge on any atom is 0.220 e. The molecule has 1 amide bonds. The van der Waals surface area contributed by atoms with Crippen LogP contribution in [0.25, 0.3) is 0 Å². The van der Waals surface area contributed by atoms with Gasteiger partial charge in [-0.3, -0.25) is 4.79 Å². The van der Waals surface area contributed by atoms with Gasteiger partial charge in [0.25, 0.3) is 0 Å². The highest BCUT2D eigenvalue weighted by atomic mass is 16.7. The van der Waals surface area contributed by atoms with Gasteiger partial charge in [0.2, 0.25) is 5.91 Å². The Morgan fingerprint density at radius 1 is 0.522 bits per heavy atom. The van der Waals surface area contributed by atoms with Crippen LogP contribution in [0, 0.1) is 0 Å². The molecule has 9 N–H and O–H groups in total. The number of carbonyl (C=O) groups excluding carboxylic acids is 1. The zero-order chi connectivity index (χ0) is 50.3. The molecule has 0 aromatic rings. The van der Waals surface area contributed by atoms with Gasteiger partial charge < -0.3 is 65.1 Å². The quantitative estimate of drug-likeness (QED) is 0.0211. The molecule has 0 saturated carbocycles. The molecule has 2 aliphatic heterocycles. The van der Waals surface area contributed by atoms with Crippen molar-refractivity contribution in [2.24, 2.45) is 0 Å². The molecule has 2 heterocycles. The summed E-state index contributed by atoms with van der Waals surface area (Å²) in [4.78, 5) is 13.2. The Morgan fingerprint density at radius 2 is 0.971 bits per heavy atom. The fourth-order valence-corrected chi connectivity index (χ4v) is 8.47. The fourth-order valence-electron chi connectivity index (χ4n) is 8.47. The summed E-state index contributed by atoms with van der Waals surface area (Å²) >= 11 is 0. The van der Waals surface area contributed by atoms with Crippen molar-refractivity contribution >= 4 is 5.91 Å². The molecule has 2 fully saturated rings. The van der Waals surface area contributed by atoms with E-state index in [1.54, 1.807) is 6.08 Å². The molecule has 69 heavy (non-hydrogen) atoms. The molecule has 0 aromatic heterocycles. The molecule has 2 rings (SSSR count). The summed E-state index contributed by atoms with van der Waals surface area (Å²) in [5.41, 5.74) is 0. The molecule has 0 aromatic carbocycles. The van der Waals surface area contributed by atoms with E-state index in [4.69, 9.17) is 18.9 Å². The summed E-state index contributed by atoms with van der Waals surface area (Å²) in [6.45, 7) is 2.72. The third-order valence-corrected chi connectivity index (χ3v) is 12.9. The van der Waals surface area contributed by atoms with Crippen LogP contribution >= 0.6 is 0 Å². The minimum atomic E-state index is -1.79. The molecular formula is C55H97NO13. The maximum absolute atomic E-state index is 13.2. The minimum Gasteiger partial charge on any atom is -0.394 e. The number of carbonyl (C=O) groups is 1. The fraction of sp³-hybridized carbons (Fsp3) is 0.800. The van der Waals surface area contributed by atoms with E-state index in [0.29, 0.717) is 12.8 Å². The average Bonchev–Trinajstić information content (AvgIpc) is 3.35. The van der Waals surface area contributed by atoms with Gasteiger partial charge in [0.05, 0.1) is 32.0 Å². The van der Waals surface area contributed by atoms with E-state index in [1.165, 1.54) is 83.5 Å². The average molecular weight is 980 g/mol. The van der Waals surface area contributed by atoms with E-state index < -0.39 is 86.8 Å². The van der Waals surface area contributed by atoms with Crippen molar-refractivity contribution < 1.29 is 64.6 Å². The Hall–Kier alpha value is -2.31. The maximum atomic E-state index is 13.2. The van der Waals surface area contributed by atoms with Gasteiger partial charge in [0.1, 0.15) is 48.8 Å². The smallest absolute Gasteiger partial charge is 0.220 e. The van der Waals surface area contributed by atoms with Crippen LogP contribution in [0.15, 0.2) is 60.8 Å². The minimum absolute atomic E-state index is 0.252. The predicted molar refractivity (Wildman–Crippen MR) is 272 cm³/mol. The van der Waals surface area contributed by atoms with Crippen LogP contribution in [0.2, 0.25) is 0 Å². The molecule has 0 spiro atoms. The molecule has 0 aliphatic carbocycles. The predicted octanol–water partition coefficient (Wildman–Crippen LogP) is 7.83. The van der Waals surface area contributed by atoms with Gasteiger partial charge in [0.15, 0.2) is 12.6 Å². The van der Waals surface area contributed by atoms with Crippen LogP contribution in [0.3, 0.4) is 0 Å². The van der Waals surface area contributed by atoms with Crippen LogP contribution in [0.5, 0.6) is 0 Å². The second-order valence-corrected chi connectivity index (χ2v) is 19.0. The first kappa shape index (κ1) is 62.8. The van der Waals surface area contributed by atoms with Crippen LogP contribution in [-0.4, -0.2) is 140 Å². The number of amides is 1. The molecular weight excluding hydrogens is 883 g/mol. The lowest BCUT2D eigenvalue weighted by Crippen LogP contribution is -2.65. The van der Waals surface area contributed by atoms with Crippen LogP contribution in [-0.2, 0) is 23.7 Å². The number of allylic oxidation sites excluding steroid dienone is 9. The number of unbranched alkanes of at least 4 members (excludes halogenated alkanes) is 20. The Morgan fingerprint density at radius 3 is 1.54 bits per heavy atom. The lowest BCUT2D eigenvalue weighted by Gasteiger charge is -2.46. The summed E-state index contributed by atoms with van der Waals surface area (Å²) in [6.07, 6.45) is 34.0. The SMILES string of the molecule is CCCCC/C=C\C/C=C\CCCCCCCC(=O)NC(COC1OC(CO)C(OC2OC(CO)C(O)C(O)C2O)C(O)C1O)C(O)/C=C/CC/C=C/CC/C=C/CCCCCCCCCCCC. The van der Waals surface area contributed by atoms with Crippen LogP contribution < -0.4 is 5.32 Å². The van der Waals surface area contributed by atoms with Crippen LogP contribution in [0.4, 0.5) is 0 Å². The van der Waals surface area contributed by atoms with Crippen molar-refractivity contribution in [1.82, 2.24) is 5.32 Å². The van der Waals surface area contributed by atoms with Gasteiger partial charge in [-0.25, -0.2) is 0 Å². The lowest BCUT2D eigenvalue weighted by atomic mass is 9.97. The number of ether oxygens (including phenoxy) is 4. The second-order valence-electron chi connectivity index (χ2n) is 19.0. The van der Waals surface area contributed by atoms with E-state index in [2.05, 4.69) is 67.8 Å². The normalized spacial score (nSPS) is 26.6. The van der Waals surface area contributed by atoms with E-state index in [-0.39, 0.29) is 18.9 Å². The zero-order valence-electron chi connectivity index (χ0n) is 42.5. The summed E-state index contributed by atoms with van der Waals surface area (Å²) in [7, 11) is 0. The van der Waals surface area contributed by atoms with Crippen molar-refractivity contribution in [3.05, 3.63) is 60.8 Å². The number of aliphatic hydroxyl groups excluding tert-OH is 8. The van der Waals surface area contributed by atoms with E-state index in [9.17, 15) is 45.6 Å². The van der Waals surface area contributed by atoms with Gasteiger partial charge in [-0.15, -0.1) is 0 Å². The van der Waals surface area contributed by atoms with Crippen molar-refractivity contribution in [3.8, 4) is 0 Å². The topological polar surface area (TPSA) is 228 Å². The van der Waals surface area contributed by atoms with E-state index >= 15 is 0 Å². The molecule has 2 saturated heterocycles. The van der Waals surface area contributed by atoms with Gasteiger partial charge in [-0.2, -0.15) is 0 Å². The van der Waals surface area contributed by atoms with Crippen molar-refractivity contribution in [3.63, 3.8) is 0 Å². The number of rotatable bonds is 41. The number of nitrogens with one attached hydrogen (secondary N) is 1. The summed E-state index contributed by atoms with van der Waals surface area (Å²) in [6, 6.07) is -0.946. The summed E-state index contributed by atoms with van der Waals surface area (Å²) in [5, 5.41) is 86.8. The number of aliphatic hydroxyl groups is 8. The Kier molecular flexibility index (Phi) is 37.5. The molecule has 14 heteroatoms. The Balaban J connectivity index is 1.86. The van der Waals surface area contributed by atoms with Crippen molar-refractivity contribution in [1.29, 1.82) is 0 Å². The molecule has 14 nitrogen and oxygen atoms in total. The molecule has 12 unspecified atom stereocenters. The lowest BCUT2D eigenvalue weighted by molar-refractivity contribution is -0.359. The molecule has 2 aliphatic rings. The molecule has 400 valence electrons. The second kappa shape index (κ2) is 41.2. The van der Waals surface area contributed by atoms with E-state index in [1.807, 2.05) is 6.08 Å². The van der Waals surface area contributed by atoms with E-state index in [0.717, 1.165) is 70.6 Å². The standard InChI is InChI=1S/C55H97NO13/c1-3-5-7-9-11-13-15-17-19-20-21-22-23-25-26-28-30-32-34-36-38-44(59)43(56-47(60)39-37-35-33-31-29-27-24-18-16-14-12-10-8-6-4-2)42-66-54-52(65)50(63)53(46(41-58)68-54)69-55-51(64)49(62)48(61)45(40-57)67-55/h12,14,18,22-24,28,30,36,38,43-46,48-55,57-59,61-65H,3-11,13,15-17,19-21,25-27,29,31-35,37,39-42H2,1-2H3,(H,56,60)/b14-12-,23-22+,24-18-,30-28+,38-36+. The molecule has 0 radical (unpaired) electrons. The summed E-state index contributed by atoms with van der Waals surface area (Å²) in [5.74, 6) is -0.270.